The monoisotopic (exact) mass is 281 g/mol. The van der Waals surface area contributed by atoms with Crippen molar-refractivity contribution in [2.45, 2.75) is 0 Å². The minimum Gasteiger partial charge on any atom is -0.497 e. The summed E-state index contributed by atoms with van der Waals surface area (Å²) < 4.78 is 10.6. The van der Waals surface area contributed by atoms with Gasteiger partial charge in [0.15, 0.2) is 0 Å². The molecule has 2 rings (SSSR count). The highest BCUT2D eigenvalue weighted by Gasteiger charge is 2.09. The molecule has 0 amide bonds. The van der Waals surface area contributed by atoms with Crippen LogP contribution in [0.4, 0.5) is 5.88 Å². The average Bonchev–Trinajstić information content (AvgIpc) is 2.93. The molecule has 0 fully saturated rings. The number of nitrogens with zero attached hydrogens (tertiary/aromatic N) is 2. The minimum absolute atomic E-state index is 0.224. The predicted molar refractivity (Wildman–Crippen MR) is 81.8 cm³/mol. The Morgan fingerprint density at radius 2 is 2.33 bits per heavy atom. The minimum atomic E-state index is 0.224. The second-order valence-electron chi connectivity index (χ2n) is 4.12. The summed E-state index contributed by atoms with van der Waals surface area (Å²) in [6, 6.07) is 9.57. The van der Waals surface area contributed by atoms with Gasteiger partial charge in [-0.15, -0.1) is 6.58 Å². The van der Waals surface area contributed by atoms with Gasteiger partial charge in [-0.3, -0.25) is 0 Å². The molecule has 0 atom stereocenters. The van der Waals surface area contributed by atoms with E-state index < -0.39 is 0 Å². The molecule has 2 aromatic rings. The number of rotatable bonds is 6. The first kappa shape index (κ1) is 14.4. The fraction of sp³-hybridized carbons (Fsp3) is 0.125. The van der Waals surface area contributed by atoms with Crippen LogP contribution >= 0.6 is 0 Å². The van der Waals surface area contributed by atoms with E-state index >= 15 is 0 Å². The highest BCUT2D eigenvalue weighted by molar-refractivity contribution is 5.67. The Balaban J connectivity index is 2.18. The fourth-order valence-electron chi connectivity index (χ4n) is 1.68. The second-order valence-corrected chi connectivity index (χ2v) is 4.12. The third-order valence-corrected chi connectivity index (χ3v) is 2.67. The first-order chi connectivity index (χ1) is 10.3. The van der Waals surface area contributed by atoms with Gasteiger partial charge >= 0.3 is 0 Å². The number of anilines is 1. The van der Waals surface area contributed by atoms with Crippen molar-refractivity contribution in [1.82, 2.24) is 4.98 Å². The molecule has 0 radical (unpaired) electrons. The fourth-order valence-corrected chi connectivity index (χ4v) is 1.68. The van der Waals surface area contributed by atoms with Crippen LogP contribution in [0, 0.1) is 11.3 Å². The van der Waals surface area contributed by atoms with E-state index in [2.05, 4.69) is 16.9 Å². The Bertz CT molecular complexity index is 696. The smallest absolute Gasteiger partial charge is 0.232 e. The molecule has 5 heteroatoms. The van der Waals surface area contributed by atoms with Crippen molar-refractivity contribution in [3.63, 3.8) is 0 Å². The Morgan fingerprint density at radius 1 is 1.48 bits per heavy atom. The summed E-state index contributed by atoms with van der Waals surface area (Å²) in [5.74, 6) is 1.49. The van der Waals surface area contributed by atoms with Crippen molar-refractivity contribution >= 4 is 18.0 Å². The van der Waals surface area contributed by atoms with Gasteiger partial charge in [-0.25, -0.2) is 0 Å². The van der Waals surface area contributed by atoms with E-state index in [1.807, 2.05) is 36.4 Å². The summed E-state index contributed by atoms with van der Waals surface area (Å²) in [6.45, 7) is 4.10. The summed E-state index contributed by atoms with van der Waals surface area (Å²) in [5.41, 5.74) is 1.17. The maximum absolute atomic E-state index is 9.01. The first-order valence-corrected chi connectivity index (χ1v) is 6.34. The number of ether oxygens (including phenoxy) is 1. The molecule has 1 heterocycles. The average molecular weight is 281 g/mol. The van der Waals surface area contributed by atoms with Crippen LogP contribution in [0.1, 0.15) is 17.1 Å². The first-order valence-electron chi connectivity index (χ1n) is 6.34. The molecule has 0 bridgehead atoms. The Kier molecular flexibility index (Phi) is 4.78. The molecule has 0 saturated heterocycles. The van der Waals surface area contributed by atoms with E-state index in [0.717, 1.165) is 11.3 Å². The second kappa shape index (κ2) is 6.96. The van der Waals surface area contributed by atoms with Crippen molar-refractivity contribution in [3.05, 3.63) is 54.1 Å². The van der Waals surface area contributed by atoms with Crippen molar-refractivity contribution in [3.8, 4) is 11.8 Å². The summed E-state index contributed by atoms with van der Waals surface area (Å²) in [7, 11) is 1.62. The van der Waals surface area contributed by atoms with Gasteiger partial charge in [0, 0.05) is 12.6 Å². The Labute approximate surface area is 123 Å². The van der Waals surface area contributed by atoms with Gasteiger partial charge in [-0.05, 0) is 23.8 Å². The molecule has 21 heavy (non-hydrogen) atoms. The zero-order valence-electron chi connectivity index (χ0n) is 11.7. The maximum Gasteiger partial charge on any atom is 0.232 e. The molecule has 0 aliphatic heterocycles. The topological polar surface area (TPSA) is 71.1 Å². The SMILES string of the molecule is C=CCNc1oc(C=Cc2cccc(OC)c2)nc1C#N. The van der Waals surface area contributed by atoms with Crippen LogP contribution in [-0.4, -0.2) is 18.6 Å². The van der Waals surface area contributed by atoms with E-state index in [1.165, 1.54) is 0 Å². The van der Waals surface area contributed by atoms with Gasteiger partial charge in [0.25, 0.3) is 0 Å². The number of benzene rings is 1. The molecular weight excluding hydrogens is 266 g/mol. The molecule has 0 unspecified atom stereocenters. The molecule has 0 saturated carbocycles. The molecular formula is C16H15N3O2. The van der Waals surface area contributed by atoms with Crippen molar-refractivity contribution < 1.29 is 9.15 Å². The lowest BCUT2D eigenvalue weighted by molar-refractivity contribution is 0.414. The van der Waals surface area contributed by atoms with E-state index in [0.29, 0.717) is 18.3 Å². The highest BCUT2D eigenvalue weighted by Crippen LogP contribution is 2.19. The van der Waals surface area contributed by atoms with Gasteiger partial charge in [0.05, 0.1) is 7.11 Å². The van der Waals surface area contributed by atoms with E-state index in [9.17, 15) is 0 Å². The molecule has 106 valence electrons. The highest BCUT2D eigenvalue weighted by atomic mass is 16.5. The van der Waals surface area contributed by atoms with Gasteiger partial charge in [-0.1, -0.05) is 18.2 Å². The lowest BCUT2D eigenvalue weighted by atomic mass is 10.2. The van der Waals surface area contributed by atoms with E-state index in [4.69, 9.17) is 14.4 Å². The van der Waals surface area contributed by atoms with Crippen molar-refractivity contribution in [2.24, 2.45) is 0 Å². The number of hydrogen-bond acceptors (Lipinski definition) is 5. The molecule has 1 aromatic carbocycles. The van der Waals surface area contributed by atoms with E-state index in [1.54, 1.807) is 19.3 Å². The third kappa shape index (κ3) is 3.74. The molecule has 1 N–H and O–H groups in total. The molecule has 1 aromatic heterocycles. The standard InChI is InChI=1S/C16H15N3O2/c1-3-9-18-16-14(11-17)19-15(21-16)8-7-12-5-4-6-13(10-12)20-2/h3-8,10,18H,1,9H2,2H3. The number of nitriles is 1. The van der Waals surface area contributed by atoms with Crippen LogP contribution in [-0.2, 0) is 0 Å². The zero-order chi connectivity index (χ0) is 15.1. The zero-order valence-corrected chi connectivity index (χ0v) is 11.7. The Morgan fingerprint density at radius 3 is 3.05 bits per heavy atom. The van der Waals surface area contributed by atoms with Gasteiger partial charge in [0.1, 0.15) is 11.8 Å². The van der Waals surface area contributed by atoms with Crippen LogP contribution in [0.5, 0.6) is 5.75 Å². The maximum atomic E-state index is 9.01. The molecule has 5 nitrogen and oxygen atoms in total. The normalized spacial score (nSPS) is 10.3. The van der Waals surface area contributed by atoms with Crippen LogP contribution in [0.2, 0.25) is 0 Å². The van der Waals surface area contributed by atoms with Crippen molar-refractivity contribution in [2.75, 3.05) is 19.0 Å². The van der Waals surface area contributed by atoms with Crippen molar-refractivity contribution in [1.29, 1.82) is 5.26 Å². The lowest BCUT2D eigenvalue weighted by Crippen LogP contribution is -1.97. The summed E-state index contributed by atoms with van der Waals surface area (Å²) in [5, 5.41) is 11.9. The van der Waals surface area contributed by atoms with Gasteiger partial charge < -0.3 is 14.5 Å². The summed E-state index contributed by atoms with van der Waals surface area (Å²) in [6.07, 6.45) is 5.22. The number of oxazole rings is 1. The van der Waals surface area contributed by atoms with Crippen LogP contribution < -0.4 is 10.1 Å². The van der Waals surface area contributed by atoms with Crippen LogP contribution in [0.15, 0.2) is 41.3 Å². The number of hydrogen-bond donors (Lipinski definition) is 1. The van der Waals surface area contributed by atoms with E-state index in [-0.39, 0.29) is 5.69 Å². The molecule has 0 spiro atoms. The number of methoxy groups -OCH3 is 1. The van der Waals surface area contributed by atoms with Gasteiger partial charge in [-0.2, -0.15) is 10.2 Å². The number of nitrogens with one attached hydrogen (secondary N) is 1. The number of aromatic nitrogens is 1. The third-order valence-electron chi connectivity index (χ3n) is 2.67. The van der Waals surface area contributed by atoms with Gasteiger partial charge in [0.2, 0.25) is 17.5 Å². The summed E-state index contributed by atoms with van der Waals surface area (Å²) in [4.78, 5) is 4.10. The van der Waals surface area contributed by atoms with Crippen LogP contribution in [0.25, 0.3) is 12.2 Å². The quantitative estimate of drug-likeness (QED) is 0.822. The predicted octanol–water partition coefficient (Wildman–Crippen LogP) is 3.32. The largest absolute Gasteiger partial charge is 0.497 e. The summed E-state index contributed by atoms with van der Waals surface area (Å²) >= 11 is 0. The Hall–Kier alpha value is -3.00. The molecule has 0 aliphatic carbocycles. The van der Waals surface area contributed by atoms with Crippen LogP contribution in [0.3, 0.4) is 0 Å². The molecule has 0 aliphatic rings. The lowest BCUT2D eigenvalue weighted by Gasteiger charge is -1.99.